The molecule has 0 aromatic carbocycles. The molecule has 3 nitrogen and oxygen atoms in total. The summed E-state index contributed by atoms with van der Waals surface area (Å²) < 4.78 is 0. The highest BCUT2D eigenvalue weighted by atomic mass is 32.2. The molecule has 0 N–H and O–H groups in total. The number of hydrogen-bond donors (Lipinski definition) is 0. The zero-order chi connectivity index (χ0) is 12.6. The largest absolute Gasteiger partial charge is 0.294 e. The number of ketones is 1. The Morgan fingerprint density at radius 1 is 1.50 bits per heavy atom. The van der Waals surface area contributed by atoms with Crippen LogP contribution in [0.15, 0.2) is 39.4 Å². The minimum atomic E-state index is -0.268. The van der Waals surface area contributed by atoms with E-state index in [0.717, 1.165) is 35.4 Å². The van der Waals surface area contributed by atoms with E-state index in [-0.39, 0.29) is 11.2 Å². The van der Waals surface area contributed by atoms with Gasteiger partial charge in [-0.2, -0.15) is 5.26 Å². The van der Waals surface area contributed by atoms with Gasteiger partial charge in [-0.3, -0.25) is 9.79 Å². The van der Waals surface area contributed by atoms with Crippen LogP contribution >= 0.6 is 11.8 Å². The van der Waals surface area contributed by atoms with Crippen molar-refractivity contribution in [2.24, 2.45) is 10.4 Å². The zero-order valence-electron chi connectivity index (χ0n) is 9.85. The molecule has 0 saturated heterocycles. The van der Waals surface area contributed by atoms with Gasteiger partial charge in [-0.1, -0.05) is 11.6 Å². The van der Waals surface area contributed by atoms with E-state index in [0.29, 0.717) is 6.42 Å². The molecule has 0 saturated carbocycles. The van der Waals surface area contributed by atoms with Gasteiger partial charge in [0.15, 0.2) is 5.78 Å². The van der Waals surface area contributed by atoms with E-state index in [2.05, 4.69) is 17.1 Å². The minimum Gasteiger partial charge on any atom is -0.294 e. The summed E-state index contributed by atoms with van der Waals surface area (Å²) in [7, 11) is 0. The number of rotatable bonds is 0. The molecule has 3 rings (SSSR count). The van der Waals surface area contributed by atoms with E-state index in [1.54, 1.807) is 24.1 Å². The summed E-state index contributed by atoms with van der Waals surface area (Å²) in [4.78, 5) is 16.6. The van der Waals surface area contributed by atoms with Crippen molar-refractivity contribution in [3.8, 4) is 6.07 Å². The summed E-state index contributed by atoms with van der Waals surface area (Å²) in [5.41, 5.74) is 2.73. The Kier molecular flexibility index (Phi) is 2.71. The molecule has 3 aliphatic rings. The van der Waals surface area contributed by atoms with Gasteiger partial charge in [-0.15, -0.1) is 11.8 Å². The first-order chi connectivity index (χ1) is 8.76. The average Bonchev–Trinajstić information content (AvgIpc) is 2.71. The van der Waals surface area contributed by atoms with Crippen LogP contribution in [0, 0.1) is 16.7 Å². The highest BCUT2D eigenvalue weighted by molar-refractivity contribution is 8.02. The molecule has 18 heavy (non-hydrogen) atoms. The first-order valence-corrected chi connectivity index (χ1v) is 6.97. The van der Waals surface area contributed by atoms with Crippen molar-refractivity contribution in [2.45, 2.75) is 19.3 Å². The van der Waals surface area contributed by atoms with Crippen LogP contribution in [0.4, 0.5) is 0 Å². The third kappa shape index (κ3) is 1.58. The molecule has 2 aliphatic heterocycles. The van der Waals surface area contributed by atoms with Gasteiger partial charge in [0, 0.05) is 35.7 Å². The lowest BCUT2D eigenvalue weighted by Crippen LogP contribution is -2.31. The van der Waals surface area contributed by atoms with Crippen LogP contribution in [0.25, 0.3) is 0 Å². The third-order valence-electron chi connectivity index (χ3n) is 3.70. The smallest absolute Gasteiger partial charge is 0.165 e. The predicted octanol–water partition coefficient (Wildman–Crippen LogP) is 2.77. The molecule has 1 atom stereocenters. The topological polar surface area (TPSA) is 53.2 Å². The first-order valence-electron chi connectivity index (χ1n) is 5.92. The molecule has 1 spiro atoms. The van der Waals surface area contributed by atoms with Gasteiger partial charge in [0.05, 0.1) is 11.5 Å². The first kappa shape index (κ1) is 11.5. The van der Waals surface area contributed by atoms with Crippen molar-refractivity contribution in [1.82, 2.24) is 0 Å². The lowest BCUT2D eigenvalue weighted by Gasteiger charge is -2.34. The van der Waals surface area contributed by atoms with E-state index in [9.17, 15) is 4.79 Å². The van der Waals surface area contributed by atoms with Gasteiger partial charge < -0.3 is 0 Å². The highest BCUT2D eigenvalue weighted by Crippen LogP contribution is 2.53. The fourth-order valence-corrected chi connectivity index (χ4v) is 4.13. The zero-order valence-corrected chi connectivity index (χ0v) is 10.7. The number of nitriles is 1. The number of thioether (sulfide) groups is 1. The molecular weight excluding hydrogens is 244 g/mol. The van der Waals surface area contributed by atoms with E-state index >= 15 is 0 Å². The Labute approximate surface area is 110 Å². The summed E-state index contributed by atoms with van der Waals surface area (Å²) in [6.07, 6.45) is 7.33. The standard InChI is InChI=1S/C14H12N2OS/c15-5-3-10-1-2-13-14(7-10)9-18-8-11(14)12(17)4-6-16-13/h2-3,6,8H,1,4,7,9H2/b10-3+. The second-order valence-electron chi connectivity index (χ2n) is 4.77. The summed E-state index contributed by atoms with van der Waals surface area (Å²) in [5.74, 6) is 1.03. The SMILES string of the molecule is N#C/C=C1\CC=C2N=CCC(=O)C3=CSCC23C1. The van der Waals surface area contributed by atoms with Crippen molar-refractivity contribution in [3.63, 3.8) is 0 Å². The van der Waals surface area contributed by atoms with Crippen LogP contribution in [-0.2, 0) is 4.79 Å². The maximum absolute atomic E-state index is 12.1. The van der Waals surface area contributed by atoms with Crippen molar-refractivity contribution in [2.75, 3.05) is 5.75 Å². The van der Waals surface area contributed by atoms with Gasteiger partial charge in [0.25, 0.3) is 0 Å². The van der Waals surface area contributed by atoms with Crippen molar-refractivity contribution in [3.05, 3.63) is 34.4 Å². The molecule has 0 aromatic rings. The Balaban J connectivity index is 2.12. The molecule has 0 fully saturated rings. The van der Waals surface area contributed by atoms with E-state index in [1.807, 2.05) is 5.41 Å². The quantitative estimate of drug-likeness (QED) is 0.626. The van der Waals surface area contributed by atoms with Crippen molar-refractivity contribution >= 4 is 23.8 Å². The van der Waals surface area contributed by atoms with Crippen LogP contribution in [0.3, 0.4) is 0 Å². The number of nitrogens with zero attached hydrogens (tertiary/aromatic N) is 2. The Morgan fingerprint density at radius 2 is 2.39 bits per heavy atom. The fourth-order valence-electron chi connectivity index (χ4n) is 2.84. The second-order valence-corrected chi connectivity index (χ2v) is 5.62. The fraction of sp³-hybridized carbons (Fsp3) is 0.357. The third-order valence-corrected chi connectivity index (χ3v) is 4.76. The van der Waals surface area contributed by atoms with Crippen LogP contribution < -0.4 is 0 Å². The molecule has 0 bridgehead atoms. The average molecular weight is 256 g/mol. The number of allylic oxidation sites excluding steroid dienone is 4. The summed E-state index contributed by atoms with van der Waals surface area (Å²) >= 11 is 1.68. The minimum absolute atomic E-state index is 0.172. The van der Waals surface area contributed by atoms with Gasteiger partial charge in [0.1, 0.15) is 0 Å². The number of Topliss-reactive ketones (excluding diaryl/α,β-unsaturated/α-hetero) is 1. The lowest BCUT2D eigenvalue weighted by atomic mass is 9.70. The van der Waals surface area contributed by atoms with E-state index < -0.39 is 0 Å². The van der Waals surface area contributed by atoms with E-state index in [1.165, 1.54) is 0 Å². The highest BCUT2D eigenvalue weighted by Gasteiger charge is 2.46. The molecular formula is C14H12N2OS. The van der Waals surface area contributed by atoms with Crippen molar-refractivity contribution < 1.29 is 4.79 Å². The molecule has 90 valence electrons. The Bertz CT molecular complexity index is 577. The number of aliphatic imine (C=N–C) groups is 1. The van der Waals surface area contributed by atoms with Crippen LogP contribution in [0.5, 0.6) is 0 Å². The van der Waals surface area contributed by atoms with Gasteiger partial charge in [-0.25, -0.2) is 0 Å². The van der Waals surface area contributed by atoms with Crippen LogP contribution in [0.1, 0.15) is 19.3 Å². The van der Waals surface area contributed by atoms with Gasteiger partial charge in [0.2, 0.25) is 0 Å². The summed E-state index contributed by atoms with van der Waals surface area (Å²) in [5, 5.41) is 10.8. The molecule has 0 radical (unpaired) electrons. The maximum Gasteiger partial charge on any atom is 0.165 e. The van der Waals surface area contributed by atoms with Crippen molar-refractivity contribution in [1.29, 1.82) is 5.26 Å². The predicted molar refractivity (Wildman–Crippen MR) is 72.1 cm³/mol. The Hall–Kier alpha value is -1.60. The van der Waals surface area contributed by atoms with Crippen LogP contribution in [-0.4, -0.2) is 17.8 Å². The van der Waals surface area contributed by atoms with Gasteiger partial charge >= 0.3 is 0 Å². The molecule has 1 aliphatic carbocycles. The summed E-state index contributed by atoms with van der Waals surface area (Å²) in [6.45, 7) is 0. The lowest BCUT2D eigenvalue weighted by molar-refractivity contribution is -0.115. The number of carbonyl (C=O) groups excluding carboxylic acids is 1. The Morgan fingerprint density at radius 3 is 3.22 bits per heavy atom. The molecule has 0 aromatic heterocycles. The molecule has 1 unspecified atom stereocenters. The monoisotopic (exact) mass is 256 g/mol. The summed E-state index contributed by atoms with van der Waals surface area (Å²) in [6, 6.07) is 2.10. The molecule has 4 heteroatoms. The molecule has 0 amide bonds. The maximum atomic E-state index is 12.1. The number of carbonyl (C=O) groups is 1. The van der Waals surface area contributed by atoms with E-state index in [4.69, 9.17) is 5.26 Å². The normalized spacial score (nSPS) is 32.2. The van der Waals surface area contributed by atoms with Gasteiger partial charge in [-0.05, 0) is 18.2 Å². The number of hydrogen-bond acceptors (Lipinski definition) is 4. The van der Waals surface area contributed by atoms with Crippen LogP contribution in [0.2, 0.25) is 0 Å². The second kappa shape index (κ2) is 4.25. The molecule has 2 heterocycles.